The molecule has 0 unspecified atom stereocenters. The molecule has 3 atom stereocenters. The van der Waals surface area contributed by atoms with Crippen molar-refractivity contribution in [3.05, 3.63) is 35.5 Å². The summed E-state index contributed by atoms with van der Waals surface area (Å²) < 4.78 is 5.51. The molecule has 152 valence electrons. The van der Waals surface area contributed by atoms with Crippen molar-refractivity contribution < 1.29 is 24.6 Å². The van der Waals surface area contributed by atoms with E-state index in [9.17, 15) is 14.7 Å². The Morgan fingerprint density at radius 1 is 1.32 bits per heavy atom. The van der Waals surface area contributed by atoms with Gasteiger partial charge in [-0.1, -0.05) is 43.5 Å². The predicted octanol–water partition coefficient (Wildman–Crippen LogP) is 2.95. The second-order valence-corrected chi connectivity index (χ2v) is 15.0. The molecule has 0 radical (unpaired) electrons. The number of ether oxygens (including phenoxy) is 1. The molecule has 1 aromatic carbocycles. The zero-order valence-electron chi connectivity index (χ0n) is 16.4. The molecular weight excluding hydrogens is 396 g/mol. The van der Waals surface area contributed by atoms with Gasteiger partial charge in [-0.3, -0.25) is 20.4 Å². The number of rotatable bonds is 7. The van der Waals surface area contributed by atoms with Crippen LogP contribution in [0.5, 0.6) is 0 Å². The molecule has 1 aromatic rings. The van der Waals surface area contributed by atoms with Crippen molar-refractivity contribution in [1.29, 1.82) is 0 Å². The summed E-state index contributed by atoms with van der Waals surface area (Å²) in [5.74, 6) is -1.30. The Morgan fingerprint density at radius 3 is 2.50 bits per heavy atom. The van der Waals surface area contributed by atoms with E-state index >= 15 is 0 Å². The van der Waals surface area contributed by atoms with Gasteiger partial charge in [-0.15, -0.1) is 0 Å². The molecule has 1 amide bonds. The largest absolute Gasteiger partial charge is 0.461 e. The highest BCUT2D eigenvalue weighted by atomic mass is 32.2. The number of benzene rings is 1. The van der Waals surface area contributed by atoms with E-state index in [0.29, 0.717) is 17.2 Å². The van der Waals surface area contributed by atoms with Crippen molar-refractivity contribution in [3.63, 3.8) is 0 Å². The van der Waals surface area contributed by atoms with Gasteiger partial charge in [0, 0.05) is 13.0 Å². The van der Waals surface area contributed by atoms with E-state index in [1.165, 1.54) is 16.7 Å². The van der Waals surface area contributed by atoms with Crippen LogP contribution in [0, 0.1) is 5.92 Å². The lowest BCUT2D eigenvalue weighted by molar-refractivity contribution is -0.158. The number of β-lactam (4-membered cyclic amide) rings is 1. The smallest absolute Gasteiger partial charge is 0.356 e. The standard InChI is InChI=1S/C19H26N2O5SSi/c1-11(22)14-17(23)21-15(19(24)26-9-10-28(2,3)4)16(27-18(14)21)12-5-7-13(20-25)8-6-12/h5-8,11,14,18,20,22,25H,9-10H2,1-4H3/t11-,14+,18-/m1/s1. The second-order valence-electron chi connectivity index (χ2n) is 8.30. The highest BCUT2D eigenvalue weighted by Gasteiger charge is 2.58. The maximum Gasteiger partial charge on any atom is 0.356 e. The van der Waals surface area contributed by atoms with Gasteiger partial charge in [-0.2, -0.15) is 0 Å². The number of aliphatic hydroxyl groups excluding tert-OH is 1. The number of carbonyl (C=O) groups is 2. The van der Waals surface area contributed by atoms with Crippen molar-refractivity contribution in [2.24, 2.45) is 5.92 Å². The van der Waals surface area contributed by atoms with Crippen molar-refractivity contribution in [2.45, 2.75) is 44.1 Å². The monoisotopic (exact) mass is 422 g/mol. The topological polar surface area (TPSA) is 99.1 Å². The third-order valence-electron chi connectivity index (χ3n) is 4.85. The number of hydrogen-bond acceptors (Lipinski definition) is 7. The molecule has 7 nitrogen and oxygen atoms in total. The van der Waals surface area contributed by atoms with Crippen molar-refractivity contribution in [2.75, 3.05) is 12.1 Å². The van der Waals surface area contributed by atoms with Gasteiger partial charge >= 0.3 is 5.97 Å². The van der Waals surface area contributed by atoms with Gasteiger partial charge in [0.1, 0.15) is 11.1 Å². The SMILES string of the molecule is C[C@@H](O)[C@H]1C(=O)N2C(C(=O)OCC[Si](C)(C)C)=C(c3ccc(NO)cc3)S[C@H]12. The molecule has 0 aromatic heterocycles. The number of anilines is 1. The summed E-state index contributed by atoms with van der Waals surface area (Å²) in [5, 5.41) is 18.6. The number of nitrogens with one attached hydrogen (secondary N) is 1. The van der Waals surface area contributed by atoms with Crippen LogP contribution >= 0.6 is 11.8 Å². The minimum absolute atomic E-state index is 0.247. The minimum Gasteiger partial charge on any atom is -0.461 e. The summed E-state index contributed by atoms with van der Waals surface area (Å²) in [6, 6.07) is 7.74. The Bertz CT molecular complexity index is 804. The Labute approximate surface area is 169 Å². The van der Waals surface area contributed by atoms with Crippen LogP contribution in [-0.4, -0.2) is 53.2 Å². The summed E-state index contributed by atoms with van der Waals surface area (Å²) in [5.41, 5.74) is 3.60. The summed E-state index contributed by atoms with van der Waals surface area (Å²) in [4.78, 5) is 27.6. The lowest BCUT2D eigenvalue weighted by Crippen LogP contribution is -2.60. The molecule has 0 saturated carbocycles. The van der Waals surface area contributed by atoms with Crippen LogP contribution in [0.4, 0.5) is 5.69 Å². The first-order chi connectivity index (χ1) is 13.1. The van der Waals surface area contributed by atoms with Gasteiger partial charge in [0.2, 0.25) is 5.91 Å². The van der Waals surface area contributed by atoms with Crippen LogP contribution in [0.3, 0.4) is 0 Å². The van der Waals surface area contributed by atoms with Crippen LogP contribution < -0.4 is 5.48 Å². The first-order valence-electron chi connectivity index (χ1n) is 9.24. The lowest BCUT2D eigenvalue weighted by Gasteiger charge is -2.43. The Balaban J connectivity index is 1.89. The molecule has 28 heavy (non-hydrogen) atoms. The number of fused-ring (bicyclic) bond motifs is 1. The Hall–Kier alpha value is -1.81. The van der Waals surface area contributed by atoms with Gasteiger partial charge < -0.3 is 9.84 Å². The Kier molecular flexibility index (Phi) is 5.90. The lowest BCUT2D eigenvalue weighted by atomic mass is 9.92. The third-order valence-corrected chi connectivity index (χ3v) is 7.97. The molecule has 9 heteroatoms. The maximum atomic E-state index is 12.9. The van der Waals surface area contributed by atoms with E-state index < -0.39 is 26.1 Å². The van der Waals surface area contributed by atoms with Crippen LogP contribution in [0.2, 0.25) is 25.7 Å². The number of nitrogens with zero attached hydrogens (tertiary/aromatic N) is 1. The molecule has 1 saturated heterocycles. The fourth-order valence-corrected chi connectivity index (χ4v) is 5.52. The first kappa shape index (κ1) is 20.9. The van der Waals surface area contributed by atoms with E-state index in [1.807, 2.05) is 0 Å². The summed E-state index contributed by atoms with van der Waals surface area (Å²) in [7, 11) is -1.35. The average Bonchev–Trinajstić information content (AvgIpc) is 2.95. The van der Waals surface area contributed by atoms with E-state index in [1.54, 1.807) is 31.2 Å². The molecule has 2 heterocycles. The van der Waals surface area contributed by atoms with Gasteiger partial charge in [-0.25, -0.2) is 4.79 Å². The molecule has 3 N–H and O–H groups in total. The average molecular weight is 423 g/mol. The molecule has 0 aliphatic carbocycles. The summed E-state index contributed by atoms with van der Waals surface area (Å²) >= 11 is 1.39. The summed E-state index contributed by atoms with van der Waals surface area (Å²) in [6.45, 7) is 8.53. The zero-order chi connectivity index (χ0) is 20.6. The van der Waals surface area contributed by atoms with Crippen LogP contribution in [0.25, 0.3) is 4.91 Å². The number of esters is 1. The number of amides is 1. The quantitative estimate of drug-likeness (QED) is 0.269. The van der Waals surface area contributed by atoms with Crippen molar-refractivity contribution in [1.82, 2.24) is 4.90 Å². The van der Waals surface area contributed by atoms with Crippen molar-refractivity contribution >= 4 is 42.3 Å². The normalized spacial score (nSPS) is 22.6. The van der Waals surface area contributed by atoms with E-state index in [4.69, 9.17) is 9.94 Å². The van der Waals surface area contributed by atoms with Crippen LogP contribution in [0.1, 0.15) is 12.5 Å². The van der Waals surface area contributed by atoms with Gasteiger partial charge in [0.15, 0.2) is 0 Å². The number of aliphatic hydroxyl groups is 1. The molecule has 2 aliphatic rings. The molecule has 1 fully saturated rings. The van der Waals surface area contributed by atoms with Gasteiger partial charge in [0.25, 0.3) is 0 Å². The second kappa shape index (κ2) is 7.90. The van der Waals surface area contributed by atoms with E-state index in [0.717, 1.165) is 11.6 Å². The highest BCUT2D eigenvalue weighted by Crippen LogP contribution is 2.54. The van der Waals surface area contributed by atoms with Crippen LogP contribution in [0.15, 0.2) is 30.0 Å². The van der Waals surface area contributed by atoms with Crippen LogP contribution in [-0.2, 0) is 14.3 Å². The predicted molar refractivity (Wildman–Crippen MR) is 111 cm³/mol. The van der Waals surface area contributed by atoms with Gasteiger partial charge in [0.05, 0.1) is 24.3 Å². The highest BCUT2D eigenvalue weighted by molar-refractivity contribution is 8.09. The van der Waals surface area contributed by atoms with Gasteiger partial charge in [-0.05, 0) is 30.7 Å². The summed E-state index contributed by atoms with van der Waals surface area (Å²) in [6.07, 6.45) is -0.786. The molecule has 3 rings (SSSR count). The molecule has 0 bridgehead atoms. The van der Waals surface area contributed by atoms with E-state index in [-0.39, 0.29) is 17.0 Å². The zero-order valence-corrected chi connectivity index (χ0v) is 18.2. The Morgan fingerprint density at radius 2 is 1.96 bits per heavy atom. The fraction of sp³-hybridized carbons (Fsp3) is 0.474. The number of thioether (sulfide) groups is 1. The molecular formula is C19H26N2O5SSi. The third kappa shape index (κ3) is 3.98. The minimum atomic E-state index is -1.35. The first-order valence-corrected chi connectivity index (χ1v) is 13.8. The van der Waals surface area contributed by atoms with E-state index in [2.05, 4.69) is 25.1 Å². The number of hydrogen-bond donors (Lipinski definition) is 3. The maximum absolute atomic E-state index is 12.9. The van der Waals surface area contributed by atoms with Crippen molar-refractivity contribution in [3.8, 4) is 0 Å². The number of carbonyl (C=O) groups excluding carboxylic acids is 2. The molecule has 0 spiro atoms. The fourth-order valence-electron chi connectivity index (χ4n) is 3.19. The molecule has 2 aliphatic heterocycles.